The van der Waals surface area contributed by atoms with Crippen molar-refractivity contribution in [1.29, 1.82) is 0 Å². The molecule has 54 valence electrons. The molecule has 0 fully saturated rings. The molecule has 0 aliphatic carbocycles. The van der Waals surface area contributed by atoms with Gasteiger partial charge in [0.1, 0.15) is 0 Å². The minimum absolute atomic E-state index is 0.184. The predicted octanol–water partition coefficient (Wildman–Crippen LogP) is 2.56. The Morgan fingerprint density at radius 2 is 1.89 bits per heavy atom. The fourth-order valence-electron chi connectivity index (χ4n) is 0.240. The summed E-state index contributed by atoms with van der Waals surface area (Å²) in [5.41, 5.74) is 0.184. The second-order valence-corrected chi connectivity index (χ2v) is 4.26. The fraction of sp³-hybridized carbons (Fsp3) is 0.714. The summed E-state index contributed by atoms with van der Waals surface area (Å²) in [5.74, 6) is 0. The number of nitrogens with one attached hydrogen (secondary N) is 1. The van der Waals surface area contributed by atoms with Gasteiger partial charge in [0.25, 0.3) is 0 Å². The van der Waals surface area contributed by atoms with Gasteiger partial charge in [-0.25, -0.2) is 0 Å². The van der Waals surface area contributed by atoms with Crippen molar-refractivity contribution in [1.82, 2.24) is 4.72 Å². The Labute approximate surface area is 62.0 Å². The lowest BCUT2D eigenvalue weighted by atomic mass is 10.1. The van der Waals surface area contributed by atoms with Crippen molar-refractivity contribution in [2.24, 2.45) is 0 Å². The summed E-state index contributed by atoms with van der Waals surface area (Å²) >= 11 is 1.59. The zero-order valence-electron chi connectivity index (χ0n) is 6.62. The van der Waals surface area contributed by atoms with Gasteiger partial charge in [-0.3, -0.25) is 4.72 Å². The highest BCUT2D eigenvalue weighted by Crippen LogP contribution is 2.12. The Morgan fingerprint density at radius 3 is 2.00 bits per heavy atom. The molecule has 0 saturated carbocycles. The maximum atomic E-state index is 3.76. The van der Waals surface area contributed by atoms with E-state index in [1.807, 2.05) is 6.92 Å². The zero-order valence-corrected chi connectivity index (χ0v) is 7.43. The van der Waals surface area contributed by atoms with E-state index < -0.39 is 0 Å². The SMILES string of the molecule is C=C(C)SNC(C)(C)C. The van der Waals surface area contributed by atoms with Crippen LogP contribution in [0.25, 0.3) is 0 Å². The third-order valence-electron chi connectivity index (χ3n) is 0.531. The van der Waals surface area contributed by atoms with Crippen LogP contribution >= 0.6 is 11.9 Å². The molecule has 2 heteroatoms. The molecule has 0 unspecified atom stereocenters. The number of rotatable bonds is 2. The van der Waals surface area contributed by atoms with Crippen LogP contribution in [-0.2, 0) is 0 Å². The highest BCUT2D eigenvalue weighted by atomic mass is 32.2. The Hall–Kier alpha value is 0.0500. The van der Waals surface area contributed by atoms with Crippen molar-refractivity contribution in [2.45, 2.75) is 33.2 Å². The summed E-state index contributed by atoms with van der Waals surface area (Å²) < 4.78 is 3.24. The van der Waals surface area contributed by atoms with Crippen molar-refractivity contribution in [3.8, 4) is 0 Å². The first-order chi connectivity index (χ1) is 3.92. The van der Waals surface area contributed by atoms with Crippen LogP contribution in [-0.4, -0.2) is 5.54 Å². The molecule has 0 radical (unpaired) electrons. The molecule has 0 heterocycles. The van der Waals surface area contributed by atoms with E-state index in [9.17, 15) is 0 Å². The third kappa shape index (κ3) is 8.05. The molecule has 0 aromatic heterocycles. The van der Waals surface area contributed by atoms with Crippen molar-refractivity contribution in [3.63, 3.8) is 0 Å². The van der Waals surface area contributed by atoms with Crippen LogP contribution in [0.4, 0.5) is 0 Å². The molecule has 0 aromatic carbocycles. The highest BCUT2D eigenvalue weighted by molar-refractivity contribution is 8.01. The van der Waals surface area contributed by atoms with E-state index in [-0.39, 0.29) is 5.54 Å². The topological polar surface area (TPSA) is 12.0 Å². The van der Waals surface area contributed by atoms with E-state index in [1.54, 1.807) is 11.9 Å². The van der Waals surface area contributed by atoms with E-state index in [1.165, 1.54) is 0 Å². The van der Waals surface area contributed by atoms with Gasteiger partial charge < -0.3 is 0 Å². The van der Waals surface area contributed by atoms with Gasteiger partial charge in [-0.1, -0.05) is 18.5 Å². The first-order valence-electron chi connectivity index (χ1n) is 3.01. The lowest BCUT2D eigenvalue weighted by Crippen LogP contribution is -2.29. The number of hydrogen-bond donors (Lipinski definition) is 1. The number of allylic oxidation sites excluding steroid dienone is 1. The fourth-order valence-corrected chi connectivity index (χ4v) is 0.721. The van der Waals surface area contributed by atoms with Crippen LogP contribution in [0.3, 0.4) is 0 Å². The summed E-state index contributed by atoms with van der Waals surface area (Å²) in [7, 11) is 0. The van der Waals surface area contributed by atoms with E-state index in [4.69, 9.17) is 0 Å². The van der Waals surface area contributed by atoms with Gasteiger partial charge in [0.2, 0.25) is 0 Å². The zero-order chi connectivity index (χ0) is 7.49. The summed E-state index contributed by atoms with van der Waals surface area (Å²) in [4.78, 5) is 1.10. The molecule has 1 N–H and O–H groups in total. The third-order valence-corrected chi connectivity index (χ3v) is 1.59. The Kier molecular flexibility index (Phi) is 3.30. The molecule has 1 nitrogen and oxygen atoms in total. The molecule has 0 spiro atoms. The molecule has 0 aromatic rings. The quantitative estimate of drug-likeness (QED) is 0.599. The summed E-state index contributed by atoms with van der Waals surface area (Å²) in [6.07, 6.45) is 0. The van der Waals surface area contributed by atoms with Crippen LogP contribution in [0.1, 0.15) is 27.7 Å². The van der Waals surface area contributed by atoms with E-state index >= 15 is 0 Å². The van der Waals surface area contributed by atoms with Gasteiger partial charge in [0.15, 0.2) is 0 Å². The van der Waals surface area contributed by atoms with Crippen LogP contribution in [0.2, 0.25) is 0 Å². The van der Waals surface area contributed by atoms with Crippen LogP contribution < -0.4 is 4.72 Å². The maximum absolute atomic E-state index is 3.76. The first-order valence-corrected chi connectivity index (χ1v) is 3.83. The molecular formula is C7H15NS. The first kappa shape index (κ1) is 9.05. The van der Waals surface area contributed by atoms with Crippen molar-refractivity contribution < 1.29 is 0 Å². The highest BCUT2D eigenvalue weighted by Gasteiger charge is 2.07. The molecule has 0 aliphatic heterocycles. The minimum atomic E-state index is 0.184. The standard InChI is InChI=1S/C7H15NS/c1-6(2)9-8-7(3,4)5/h8H,1H2,2-5H3. The van der Waals surface area contributed by atoms with E-state index in [0.717, 1.165) is 4.91 Å². The largest absolute Gasteiger partial charge is 0.255 e. The van der Waals surface area contributed by atoms with Crippen LogP contribution in [0.5, 0.6) is 0 Å². The van der Waals surface area contributed by atoms with Gasteiger partial charge in [0, 0.05) is 5.54 Å². The van der Waals surface area contributed by atoms with Gasteiger partial charge in [-0.05, 0) is 32.6 Å². The Balaban J connectivity index is 3.39. The molecule has 0 rings (SSSR count). The predicted molar refractivity (Wildman–Crippen MR) is 45.3 cm³/mol. The van der Waals surface area contributed by atoms with E-state index in [0.29, 0.717) is 0 Å². The molecule has 0 aliphatic rings. The molecular weight excluding hydrogens is 130 g/mol. The summed E-state index contributed by atoms with van der Waals surface area (Å²) in [6.45, 7) is 12.1. The van der Waals surface area contributed by atoms with Crippen molar-refractivity contribution in [2.75, 3.05) is 0 Å². The minimum Gasteiger partial charge on any atom is -0.255 e. The van der Waals surface area contributed by atoms with E-state index in [2.05, 4.69) is 32.1 Å². The Morgan fingerprint density at radius 1 is 1.44 bits per heavy atom. The van der Waals surface area contributed by atoms with Crippen LogP contribution in [0.15, 0.2) is 11.5 Å². The molecule has 0 amide bonds. The van der Waals surface area contributed by atoms with Crippen molar-refractivity contribution in [3.05, 3.63) is 11.5 Å². The summed E-state index contributed by atoms with van der Waals surface area (Å²) in [5, 5.41) is 0. The summed E-state index contributed by atoms with van der Waals surface area (Å²) in [6, 6.07) is 0. The second kappa shape index (κ2) is 3.28. The lowest BCUT2D eigenvalue weighted by molar-refractivity contribution is 0.536. The average molecular weight is 145 g/mol. The van der Waals surface area contributed by atoms with Crippen molar-refractivity contribution >= 4 is 11.9 Å². The molecule has 0 atom stereocenters. The number of hydrogen-bond acceptors (Lipinski definition) is 2. The van der Waals surface area contributed by atoms with Gasteiger partial charge in [-0.2, -0.15) is 0 Å². The normalized spacial score (nSPS) is 11.6. The molecule has 0 saturated heterocycles. The van der Waals surface area contributed by atoms with Gasteiger partial charge in [-0.15, -0.1) is 0 Å². The Bertz CT molecular complexity index is 102. The average Bonchev–Trinajstić information content (AvgIpc) is 1.59. The lowest BCUT2D eigenvalue weighted by Gasteiger charge is -2.18. The maximum Gasteiger partial charge on any atom is 0.0201 e. The van der Waals surface area contributed by atoms with Crippen LogP contribution in [0, 0.1) is 0 Å². The van der Waals surface area contributed by atoms with Gasteiger partial charge in [0.05, 0.1) is 0 Å². The second-order valence-electron chi connectivity index (χ2n) is 3.16. The van der Waals surface area contributed by atoms with Gasteiger partial charge >= 0.3 is 0 Å². The molecule has 9 heavy (non-hydrogen) atoms. The monoisotopic (exact) mass is 145 g/mol. The smallest absolute Gasteiger partial charge is 0.0201 e. The molecule has 0 bridgehead atoms.